The molecule has 0 aromatic carbocycles. The van der Waals surface area contributed by atoms with Gasteiger partial charge in [0.1, 0.15) is 19.3 Å². The van der Waals surface area contributed by atoms with Crippen molar-refractivity contribution in [3.8, 4) is 0 Å². The number of hydrogen-bond donors (Lipinski definition) is 3. The largest absolute Gasteiger partial charge is 0.472 e. The van der Waals surface area contributed by atoms with Gasteiger partial charge in [-0.05, 0) is 49.4 Å². The average molecular weight is 1450 g/mol. The predicted octanol–water partition coefficient (Wildman–Crippen LogP) is 23.6. The second kappa shape index (κ2) is 69.1. The molecule has 0 radical (unpaired) electrons. The van der Waals surface area contributed by atoms with Gasteiger partial charge in [-0.25, -0.2) is 9.13 Å². The van der Waals surface area contributed by atoms with Crippen molar-refractivity contribution in [1.82, 2.24) is 0 Å². The predicted molar refractivity (Wildman–Crippen MR) is 404 cm³/mol. The molecule has 3 N–H and O–H groups in total. The van der Waals surface area contributed by atoms with Crippen LogP contribution in [0.25, 0.3) is 0 Å². The first-order valence-electron chi connectivity index (χ1n) is 41.2. The standard InChI is InChI=1S/C80H156O17P2/c1-70(2)56-48-40-32-25-19-15-11-9-10-12-17-21-28-36-44-52-60-77(82)90-66-75(96-79(84)62-54-46-37-29-22-18-14-13-16-20-26-33-41-49-57-71(3)4)68-94-98(86,87)92-64-74(81)65-93-99(88,89)95-69-76(67-91-78(83)61-53-45-39-31-35-43-51-59-73(7)8)97-80(85)63-55-47-38-30-24-23-27-34-42-50-58-72(5)6/h70-76,81H,9-69H2,1-8H3,(H,86,87)(H,88,89)/t74?,75-,76-/m1/s1. The Hall–Kier alpha value is -1.94. The van der Waals surface area contributed by atoms with Crippen molar-refractivity contribution in [1.29, 1.82) is 0 Å². The number of phosphoric ester groups is 2. The first kappa shape index (κ1) is 97.1. The zero-order valence-corrected chi connectivity index (χ0v) is 66.9. The molecule has 0 saturated carbocycles. The summed E-state index contributed by atoms with van der Waals surface area (Å²) < 4.78 is 68.7. The molecular weight excluding hydrogens is 1290 g/mol. The van der Waals surface area contributed by atoms with Crippen LogP contribution in [0.1, 0.15) is 409 Å². The monoisotopic (exact) mass is 1450 g/mol. The van der Waals surface area contributed by atoms with E-state index in [0.29, 0.717) is 31.6 Å². The maximum Gasteiger partial charge on any atom is 0.472 e. The van der Waals surface area contributed by atoms with E-state index in [2.05, 4.69) is 55.4 Å². The van der Waals surface area contributed by atoms with Crippen molar-refractivity contribution in [2.45, 2.75) is 427 Å². The summed E-state index contributed by atoms with van der Waals surface area (Å²) in [4.78, 5) is 73.0. The summed E-state index contributed by atoms with van der Waals surface area (Å²) in [7, 11) is -9.92. The van der Waals surface area contributed by atoms with Gasteiger partial charge in [-0.2, -0.15) is 0 Å². The van der Waals surface area contributed by atoms with Crippen LogP contribution < -0.4 is 0 Å². The maximum atomic E-state index is 13.1. The van der Waals surface area contributed by atoms with Crippen LogP contribution in [-0.2, 0) is 65.4 Å². The molecule has 0 saturated heterocycles. The Bertz CT molecular complexity index is 1940. The first-order valence-corrected chi connectivity index (χ1v) is 44.2. The van der Waals surface area contributed by atoms with Gasteiger partial charge in [-0.15, -0.1) is 0 Å². The molecule has 0 heterocycles. The van der Waals surface area contributed by atoms with Gasteiger partial charge in [0.2, 0.25) is 0 Å². The fourth-order valence-electron chi connectivity index (χ4n) is 12.3. The van der Waals surface area contributed by atoms with E-state index in [1.54, 1.807) is 0 Å². The van der Waals surface area contributed by atoms with Gasteiger partial charge in [0.25, 0.3) is 0 Å². The lowest BCUT2D eigenvalue weighted by Crippen LogP contribution is -2.30. The van der Waals surface area contributed by atoms with Crippen molar-refractivity contribution >= 4 is 39.5 Å². The van der Waals surface area contributed by atoms with Gasteiger partial charge < -0.3 is 33.8 Å². The Labute approximate surface area is 607 Å². The molecule has 0 aliphatic heterocycles. The highest BCUT2D eigenvalue weighted by Gasteiger charge is 2.30. The Morgan fingerprint density at radius 2 is 0.424 bits per heavy atom. The molecule has 0 aliphatic carbocycles. The molecule has 0 aromatic heterocycles. The molecule has 0 rings (SSSR count). The van der Waals surface area contributed by atoms with Crippen LogP contribution in [0, 0.1) is 23.7 Å². The number of carbonyl (C=O) groups excluding carboxylic acids is 4. The van der Waals surface area contributed by atoms with Crippen LogP contribution in [0.5, 0.6) is 0 Å². The lowest BCUT2D eigenvalue weighted by atomic mass is 10.0. The van der Waals surface area contributed by atoms with Crippen LogP contribution in [0.15, 0.2) is 0 Å². The van der Waals surface area contributed by atoms with Gasteiger partial charge in [0.05, 0.1) is 26.4 Å². The summed E-state index contributed by atoms with van der Waals surface area (Å²) in [5.74, 6) is 0.949. The number of rotatable bonds is 77. The summed E-state index contributed by atoms with van der Waals surface area (Å²) >= 11 is 0. The van der Waals surface area contributed by atoms with E-state index in [9.17, 15) is 43.2 Å². The van der Waals surface area contributed by atoms with Crippen LogP contribution in [0.4, 0.5) is 0 Å². The highest BCUT2D eigenvalue weighted by Crippen LogP contribution is 2.45. The van der Waals surface area contributed by atoms with Gasteiger partial charge in [-0.1, -0.05) is 357 Å². The highest BCUT2D eigenvalue weighted by molar-refractivity contribution is 7.47. The van der Waals surface area contributed by atoms with Gasteiger partial charge in [-0.3, -0.25) is 37.3 Å². The molecule has 5 atom stereocenters. The zero-order valence-electron chi connectivity index (χ0n) is 65.1. The minimum Gasteiger partial charge on any atom is -0.462 e. The second-order valence-electron chi connectivity index (χ2n) is 30.7. The summed E-state index contributed by atoms with van der Waals surface area (Å²) in [5.41, 5.74) is 0. The van der Waals surface area contributed by atoms with E-state index in [-0.39, 0.29) is 25.7 Å². The van der Waals surface area contributed by atoms with Crippen molar-refractivity contribution in [3.63, 3.8) is 0 Å². The van der Waals surface area contributed by atoms with Crippen molar-refractivity contribution in [3.05, 3.63) is 0 Å². The Balaban J connectivity index is 5.24. The van der Waals surface area contributed by atoms with Crippen LogP contribution in [-0.4, -0.2) is 96.7 Å². The second-order valence-corrected chi connectivity index (χ2v) is 33.6. The van der Waals surface area contributed by atoms with E-state index < -0.39 is 97.5 Å². The van der Waals surface area contributed by atoms with E-state index in [0.717, 1.165) is 114 Å². The SMILES string of the molecule is CC(C)CCCCCCCCCCCCCCCCCCC(=O)OC[C@H](COP(=O)(O)OCC(O)COP(=O)(O)OC[C@@H](COC(=O)CCCCCCCCCC(C)C)OC(=O)CCCCCCCCCCCCC(C)C)OC(=O)CCCCCCCCCCCCCCCCC(C)C. The number of ether oxygens (including phenoxy) is 4. The smallest absolute Gasteiger partial charge is 0.462 e. The Kier molecular flexibility index (Phi) is 67.8. The normalized spacial score (nSPS) is 14.1. The number of unbranched alkanes of at least 4 members (excludes halogenated alkanes) is 43. The Morgan fingerprint density at radius 1 is 0.253 bits per heavy atom. The molecule has 0 spiro atoms. The minimum absolute atomic E-state index is 0.105. The minimum atomic E-state index is -4.96. The van der Waals surface area contributed by atoms with Crippen molar-refractivity contribution in [2.24, 2.45) is 23.7 Å². The number of aliphatic hydroxyl groups is 1. The summed E-state index contributed by atoms with van der Waals surface area (Å²) in [6, 6.07) is 0. The quantitative estimate of drug-likeness (QED) is 0.0222. The number of carbonyl (C=O) groups is 4. The molecule has 99 heavy (non-hydrogen) atoms. The van der Waals surface area contributed by atoms with E-state index >= 15 is 0 Å². The number of esters is 4. The highest BCUT2D eigenvalue weighted by atomic mass is 31.2. The topological polar surface area (TPSA) is 237 Å². The first-order chi connectivity index (χ1) is 47.6. The molecule has 0 bridgehead atoms. The fraction of sp³-hybridized carbons (Fsp3) is 0.950. The van der Waals surface area contributed by atoms with E-state index in [4.69, 9.17) is 37.0 Å². The lowest BCUT2D eigenvalue weighted by Gasteiger charge is -2.21. The molecule has 0 fully saturated rings. The van der Waals surface area contributed by atoms with E-state index in [1.165, 1.54) is 205 Å². The van der Waals surface area contributed by atoms with Gasteiger partial charge in [0, 0.05) is 25.7 Å². The third-order valence-electron chi connectivity index (χ3n) is 18.6. The molecule has 17 nitrogen and oxygen atoms in total. The molecule has 0 aromatic rings. The van der Waals surface area contributed by atoms with Crippen molar-refractivity contribution < 1.29 is 80.2 Å². The third-order valence-corrected chi connectivity index (χ3v) is 20.5. The van der Waals surface area contributed by atoms with Crippen LogP contribution in [0.3, 0.4) is 0 Å². The molecule has 19 heteroatoms. The summed E-state index contributed by atoms with van der Waals surface area (Å²) in [6.07, 6.45) is 55.6. The average Bonchev–Trinajstić information content (AvgIpc) is 0.981. The van der Waals surface area contributed by atoms with Gasteiger partial charge >= 0.3 is 39.5 Å². The number of phosphoric acid groups is 2. The lowest BCUT2D eigenvalue weighted by molar-refractivity contribution is -0.161. The van der Waals surface area contributed by atoms with Crippen LogP contribution >= 0.6 is 15.6 Å². The maximum absolute atomic E-state index is 13.1. The molecule has 3 unspecified atom stereocenters. The zero-order chi connectivity index (χ0) is 73.1. The molecular formula is C80H156O17P2. The number of hydrogen-bond acceptors (Lipinski definition) is 15. The third kappa shape index (κ3) is 74.1. The number of aliphatic hydroxyl groups excluding tert-OH is 1. The summed E-state index contributed by atoms with van der Waals surface area (Å²) in [6.45, 7) is 14.2. The van der Waals surface area contributed by atoms with Gasteiger partial charge in [0.15, 0.2) is 12.2 Å². The van der Waals surface area contributed by atoms with Crippen molar-refractivity contribution in [2.75, 3.05) is 39.6 Å². The molecule has 588 valence electrons. The summed E-state index contributed by atoms with van der Waals surface area (Å²) in [5, 5.41) is 10.6. The van der Waals surface area contributed by atoms with E-state index in [1.807, 2.05) is 0 Å². The van der Waals surface area contributed by atoms with Crippen LogP contribution in [0.2, 0.25) is 0 Å². The Morgan fingerprint density at radius 3 is 0.626 bits per heavy atom. The molecule has 0 amide bonds. The fourth-order valence-corrected chi connectivity index (χ4v) is 13.8. The molecule has 0 aliphatic rings.